The third-order valence-corrected chi connectivity index (χ3v) is 4.22. The van der Waals surface area contributed by atoms with Gasteiger partial charge in [-0.1, -0.05) is 6.92 Å². The molecule has 2 fully saturated rings. The van der Waals surface area contributed by atoms with Crippen molar-refractivity contribution < 1.29 is 8.78 Å². The molecule has 2 rings (SSSR count). The van der Waals surface area contributed by atoms with Crippen LogP contribution in [0, 0.1) is 5.92 Å². The number of nitrogens with zero attached hydrogens (tertiary/aromatic N) is 1. The van der Waals surface area contributed by atoms with E-state index in [1.165, 1.54) is 12.8 Å². The van der Waals surface area contributed by atoms with Gasteiger partial charge in [-0.3, -0.25) is 4.90 Å². The summed E-state index contributed by atoms with van der Waals surface area (Å²) >= 11 is 0. The number of alkyl halides is 2. The molecule has 2 nitrogen and oxygen atoms in total. The topological polar surface area (TPSA) is 15.3 Å². The van der Waals surface area contributed by atoms with Crippen LogP contribution in [0.5, 0.6) is 0 Å². The molecule has 0 aromatic carbocycles. The Morgan fingerprint density at radius 2 is 2.12 bits per heavy atom. The van der Waals surface area contributed by atoms with E-state index in [-0.39, 0.29) is 12.1 Å². The van der Waals surface area contributed by atoms with E-state index in [4.69, 9.17) is 0 Å². The summed E-state index contributed by atoms with van der Waals surface area (Å²) in [5.41, 5.74) is -0.0396. The first kappa shape index (κ1) is 12.2. The minimum atomic E-state index is -2.21. The Labute approximate surface area is 96.4 Å². The molecular weight excluding hydrogens is 210 g/mol. The summed E-state index contributed by atoms with van der Waals surface area (Å²) in [6.45, 7) is 5.83. The Morgan fingerprint density at radius 1 is 1.44 bits per heavy atom. The highest BCUT2D eigenvalue weighted by Crippen LogP contribution is 2.44. The second-order valence-electron chi connectivity index (χ2n) is 5.41. The van der Waals surface area contributed by atoms with Crippen LogP contribution in [0.4, 0.5) is 8.78 Å². The lowest BCUT2D eigenvalue weighted by molar-refractivity contribution is -0.0130. The highest BCUT2D eigenvalue weighted by Gasteiger charge is 2.48. The van der Waals surface area contributed by atoms with Crippen molar-refractivity contribution in [2.24, 2.45) is 5.92 Å². The molecule has 0 bridgehead atoms. The van der Waals surface area contributed by atoms with E-state index in [0.29, 0.717) is 12.0 Å². The third-order valence-electron chi connectivity index (χ3n) is 4.22. The van der Waals surface area contributed by atoms with Gasteiger partial charge in [0.1, 0.15) is 0 Å². The van der Waals surface area contributed by atoms with Crippen molar-refractivity contribution >= 4 is 0 Å². The Bertz CT molecular complexity index is 243. The fourth-order valence-corrected chi connectivity index (χ4v) is 2.83. The predicted octanol–water partition coefficient (Wildman–Crippen LogP) is 2.10. The van der Waals surface area contributed by atoms with Crippen molar-refractivity contribution in [3.8, 4) is 0 Å². The normalized spacial score (nSPS) is 36.9. The van der Waals surface area contributed by atoms with Crippen LogP contribution in [0.15, 0.2) is 0 Å². The van der Waals surface area contributed by atoms with E-state index >= 15 is 0 Å². The summed E-state index contributed by atoms with van der Waals surface area (Å²) in [5, 5.41) is 3.50. The first-order valence-electron chi connectivity index (χ1n) is 6.33. The number of rotatable bonds is 4. The number of piperazine rings is 1. The standard InChI is InChI=1S/C12H22F2N2/c1-3-10-6-16(7-11(13)14)12(2,8-15-10)9-4-5-9/h9-11,15H,3-8H2,1-2H3. The maximum Gasteiger partial charge on any atom is 0.251 e. The zero-order valence-electron chi connectivity index (χ0n) is 10.2. The zero-order valence-corrected chi connectivity index (χ0v) is 10.2. The molecule has 1 aliphatic carbocycles. The summed E-state index contributed by atoms with van der Waals surface area (Å²) < 4.78 is 25.2. The highest BCUT2D eigenvalue weighted by molar-refractivity contribution is 5.04. The Hall–Kier alpha value is -0.220. The van der Waals surface area contributed by atoms with E-state index in [2.05, 4.69) is 19.2 Å². The molecular formula is C12H22F2N2. The second-order valence-corrected chi connectivity index (χ2v) is 5.41. The van der Waals surface area contributed by atoms with Crippen molar-refractivity contribution in [1.29, 1.82) is 0 Å². The van der Waals surface area contributed by atoms with E-state index < -0.39 is 6.43 Å². The van der Waals surface area contributed by atoms with Gasteiger partial charge in [-0.25, -0.2) is 8.78 Å². The molecule has 4 heteroatoms. The third kappa shape index (κ3) is 2.38. The summed E-state index contributed by atoms with van der Waals surface area (Å²) in [6, 6.07) is 0.380. The van der Waals surface area contributed by atoms with Gasteiger partial charge < -0.3 is 5.32 Å². The molecule has 2 atom stereocenters. The van der Waals surface area contributed by atoms with Gasteiger partial charge in [0.25, 0.3) is 6.43 Å². The van der Waals surface area contributed by atoms with Gasteiger partial charge in [0.2, 0.25) is 0 Å². The predicted molar refractivity (Wildman–Crippen MR) is 60.8 cm³/mol. The molecule has 0 aromatic heterocycles. The molecule has 0 amide bonds. The smallest absolute Gasteiger partial charge is 0.251 e. The lowest BCUT2D eigenvalue weighted by Crippen LogP contribution is -2.65. The fourth-order valence-electron chi connectivity index (χ4n) is 2.83. The van der Waals surface area contributed by atoms with Crippen LogP contribution >= 0.6 is 0 Å². The summed E-state index contributed by atoms with van der Waals surface area (Å²) in [7, 11) is 0. The molecule has 0 spiro atoms. The molecule has 1 saturated carbocycles. The highest BCUT2D eigenvalue weighted by atomic mass is 19.3. The van der Waals surface area contributed by atoms with E-state index in [1.54, 1.807) is 0 Å². The summed E-state index contributed by atoms with van der Waals surface area (Å²) in [4.78, 5) is 2.03. The van der Waals surface area contributed by atoms with Crippen molar-refractivity contribution in [2.75, 3.05) is 19.6 Å². The summed E-state index contributed by atoms with van der Waals surface area (Å²) in [6.07, 6.45) is 1.21. The first-order chi connectivity index (χ1) is 7.56. The van der Waals surface area contributed by atoms with Gasteiger partial charge in [-0.2, -0.15) is 0 Å². The molecule has 0 aromatic rings. The largest absolute Gasteiger partial charge is 0.311 e. The quantitative estimate of drug-likeness (QED) is 0.798. The van der Waals surface area contributed by atoms with Gasteiger partial charge in [0.15, 0.2) is 0 Å². The van der Waals surface area contributed by atoms with Gasteiger partial charge in [0, 0.05) is 24.7 Å². The zero-order chi connectivity index (χ0) is 11.8. The maximum absolute atomic E-state index is 12.6. The molecule has 1 heterocycles. The Kier molecular flexibility index (Phi) is 3.50. The molecule has 2 aliphatic rings. The van der Waals surface area contributed by atoms with Gasteiger partial charge in [-0.05, 0) is 32.1 Å². The Balaban J connectivity index is 2.04. The van der Waals surface area contributed by atoms with Crippen molar-refractivity contribution in [2.45, 2.75) is 51.1 Å². The number of hydrogen-bond donors (Lipinski definition) is 1. The molecule has 0 radical (unpaired) electrons. The van der Waals surface area contributed by atoms with E-state index in [9.17, 15) is 8.78 Å². The van der Waals surface area contributed by atoms with Crippen LogP contribution in [0.25, 0.3) is 0 Å². The number of halogens is 2. The van der Waals surface area contributed by atoms with Gasteiger partial charge >= 0.3 is 0 Å². The fraction of sp³-hybridized carbons (Fsp3) is 1.00. The minimum absolute atomic E-state index is 0.0396. The van der Waals surface area contributed by atoms with Crippen molar-refractivity contribution in [3.63, 3.8) is 0 Å². The molecule has 94 valence electrons. The van der Waals surface area contributed by atoms with Gasteiger partial charge in [-0.15, -0.1) is 0 Å². The van der Waals surface area contributed by atoms with Crippen molar-refractivity contribution in [1.82, 2.24) is 10.2 Å². The van der Waals surface area contributed by atoms with Crippen molar-refractivity contribution in [3.05, 3.63) is 0 Å². The SMILES string of the molecule is CCC1CN(CC(F)F)C(C)(C2CC2)CN1. The first-order valence-corrected chi connectivity index (χ1v) is 6.33. The Morgan fingerprint density at radius 3 is 2.62 bits per heavy atom. The lowest BCUT2D eigenvalue weighted by Gasteiger charge is -2.48. The van der Waals surface area contributed by atoms with Crippen LogP contribution in [0.2, 0.25) is 0 Å². The maximum atomic E-state index is 12.6. The van der Waals surface area contributed by atoms with Crippen LogP contribution in [-0.4, -0.2) is 42.5 Å². The molecule has 2 unspecified atom stereocenters. The van der Waals surface area contributed by atoms with E-state index in [1.807, 2.05) is 4.90 Å². The van der Waals surface area contributed by atoms with E-state index in [0.717, 1.165) is 19.5 Å². The van der Waals surface area contributed by atoms with Crippen LogP contribution in [0.3, 0.4) is 0 Å². The number of nitrogens with one attached hydrogen (secondary N) is 1. The number of hydrogen-bond acceptors (Lipinski definition) is 2. The molecule has 16 heavy (non-hydrogen) atoms. The van der Waals surface area contributed by atoms with Crippen LogP contribution in [0.1, 0.15) is 33.1 Å². The summed E-state index contributed by atoms with van der Waals surface area (Å²) in [5.74, 6) is 0.622. The average molecular weight is 232 g/mol. The minimum Gasteiger partial charge on any atom is -0.311 e. The molecule has 1 saturated heterocycles. The average Bonchev–Trinajstić information content (AvgIpc) is 3.04. The van der Waals surface area contributed by atoms with Gasteiger partial charge in [0.05, 0.1) is 6.54 Å². The monoisotopic (exact) mass is 232 g/mol. The van der Waals surface area contributed by atoms with Crippen LogP contribution < -0.4 is 5.32 Å². The molecule has 1 N–H and O–H groups in total. The lowest BCUT2D eigenvalue weighted by atomic mass is 9.89. The van der Waals surface area contributed by atoms with Crippen LogP contribution in [-0.2, 0) is 0 Å². The molecule has 1 aliphatic heterocycles. The second kappa shape index (κ2) is 4.57.